The van der Waals surface area contributed by atoms with Crippen molar-refractivity contribution < 1.29 is 29.0 Å². The van der Waals surface area contributed by atoms with Crippen LogP contribution < -0.4 is 0 Å². The first-order valence-corrected chi connectivity index (χ1v) is 13.1. The molecule has 0 unspecified atom stereocenters. The standard InChI is InChI=1S/C28H35BrO6/c1-4-6-7-8-9-10-11-12-13-20-18-22(25(30)19-14-16-21(29)17-15-19)23(28(33)35-5-2)24(26(20)31)27(32)34-3/h14-18,31H,4-13H2,1-3H3. The fraction of sp³-hybridized carbons (Fsp3) is 0.464. The number of halogens is 1. The lowest BCUT2D eigenvalue weighted by molar-refractivity contribution is 0.0499. The van der Waals surface area contributed by atoms with Gasteiger partial charge in [-0.2, -0.15) is 0 Å². The minimum absolute atomic E-state index is 0.0125. The van der Waals surface area contributed by atoms with Gasteiger partial charge in [-0.1, -0.05) is 67.8 Å². The van der Waals surface area contributed by atoms with Crippen LogP contribution in [0.4, 0.5) is 0 Å². The molecule has 6 nitrogen and oxygen atoms in total. The number of carbonyl (C=O) groups is 3. The van der Waals surface area contributed by atoms with E-state index in [9.17, 15) is 19.5 Å². The number of esters is 2. The molecule has 2 aromatic carbocycles. The van der Waals surface area contributed by atoms with E-state index in [-0.39, 0.29) is 29.0 Å². The van der Waals surface area contributed by atoms with Gasteiger partial charge in [0.1, 0.15) is 11.3 Å². The van der Waals surface area contributed by atoms with Crippen molar-refractivity contribution in [3.05, 3.63) is 62.6 Å². The van der Waals surface area contributed by atoms with Crippen LogP contribution in [-0.4, -0.2) is 36.5 Å². The molecule has 0 radical (unpaired) electrons. The first kappa shape index (κ1) is 28.6. The van der Waals surface area contributed by atoms with Gasteiger partial charge in [-0.25, -0.2) is 9.59 Å². The SMILES string of the molecule is CCCCCCCCCCc1cc(C(=O)c2ccc(Br)cc2)c(C(=O)OCC)c(C(=O)OC)c1O. The van der Waals surface area contributed by atoms with Crippen LogP contribution in [0.2, 0.25) is 0 Å². The molecule has 0 bridgehead atoms. The topological polar surface area (TPSA) is 89.9 Å². The van der Waals surface area contributed by atoms with Crippen molar-refractivity contribution in [1.82, 2.24) is 0 Å². The van der Waals surface area contributed by atoms with Crippen LogP contribution in [0.3, 0.4) is 0 Å². The summed E-state index contributed by atoms with van der Waals surface area (Å²) in [6.07, 6.45) is 9.39. The van der Waals surface area contributed by atoms with Crippen molar-refractivity contribution in [2.45, 2.75) is 71.6 Å². The van der Waals surface area contributed by atoms with Gasteiger partial charge in [-0.3, -0.25) is 4.79 Å². The molecule has 35 heavy (non-hydrogen) atoms. The van der Waals surface area contributed by atoms with Crippen molar-refractivity contribution in [1.29, 1.82) is 0 Å². The van der Waals surface area contributed by atoms with E-state index in [2.05, 4.69) is 22.9 Å². The van der Waals surface area contributed by atoms with E-state index in [0.717, 1.165) is 37.3 Å². The number of hydrogen-bond donors (Lipinski definition) is 1. The lowest BCUT2D eigenvalue weighted by Gasteiger charge is -2.17. The maximum absolute atomic E-state index is 13.5. The molecule has 0 amide bonds. The summed E-state index contributed by atoms with van der Waals surface area (Å²) in [5, 5.41) is 11.0. The Hall–Kier alpha value is -2.67. The molecular formula is C28H35BrO6. The summed E-state index contributed by atoms with van der Waals surface area (Å²) >= 11 is 3.35. The van der Waals surface area contributed by atoms with E-state index in [1.165, 1.54) is 31.7 Å². The molecule has 0 aromatic heterocycles. The zero-order chi connectivity index (χ0) is 25.8. The van der Waals surface area contributed by atoms with Gasteiger partial charge in [0.2, 0.25) is 0 Å². The predicted octanol–water partition coefficient (Wildman–Crippen LogP) is 7.03. The number of unbranched alkanes of at least 4 members (excludes halogenated alkanes) is 7. The van der Waals surface area contributed by atoms with E-state index < -0.39 is 17.7 Å². The maximum atomic E-state index is 13.5. The van der Waals surface area contributed by atoms with Crippen molar-refractivity contribution in [2.75, 3.05) is 13.7 Å². The monoisotopic (exact) mass is 546 g/mol. The quantitative estimate of drug-likeness (QED) is 0.155. The lowest BCUT2D eigenvalue weighted by Crippen LogP contribution is -2.20. The van der Waals surface area contributed by atoms with Crippen LogP contribution in [0.15, 0.2) is 34.8 Å². The molecule has 2 aromatic rings. The normalized spacial score (nSPS) is 10.7. The third kappa shape index (κ3) is 7.92. The summed E-state index contributed by atoms with van der Waals surface area (Å²) in [7, 11) is 1.16. The molecule has 2 rings (SSSR count). The molecule has 0 aliphatic rings. The van der Waals surface area contributed by atoms with Crippen LogP contribution in [0, 0.1) is 0 Å². The largest absolute Gasteiger partial charge is 0.507 e. The van der Waals surface area contributed by atoms with Gasteiger partial charge in [0.15, 0.2) is 5.78 Å². The van der Waals surface area contributed by atoms with Gasteiger partial charge in [0.25, 0.3) is 0 Å². The minimum atomic E-state index is -0.895. The Labute approximate surface area is 216 Å². The molecule has 0 aliphatic heterocycles. The number of ketones is 1. The van der Waals surface area contributed by atoms with E-state index in [1.807, 2.05) is 0 Å². The summed E-state index contributed by atoms with van der Waals surface area (Å²) < 4.78 is 10.8. The van der Waals surface area contributed by atoms with Crippen LogP contribution in [0.5, 0.6) is 5.75 Å². The van der Waals surface area contributed by atoms with Crippen molar-refractivity contribution in [3.8, 4) is 5.75 Å². The number of methoxy groups -OCH3 is 1. The molecule has 0 atom stereocenters. The highest BCUT2D eigenvalue weighted by molar-refractivity contribution is 9.10. The third-order valence-corrected chi connectivity index (χ3v) is 6.43. The fourth-order valence-corrected chi connectivity index (χ4v) is 4.28. The van der Waals surface area contributed by atoms with Crippen LogP contribution in [0.25, 0.3) is 0 Å². The second-order valence-electron chi connectivity index (χ2n) is 8.45. The first-order valence-electron chi connectivity index (χ1n) is 12.3. The Morgan fingerprint density at radius 1 is 0.857 bits per heavy atom. The number of ether oxygens (including phenoxy) is 2. The third-order valence-electron chi connectivity index (χ3n) is 5.90. The number of benzene rings is 2. The Kier molecular flexibility index (Phi) is 12.0. The van der Waals surface area contributed by atoms with E-state index >= 15 is 0 Å². The first-order chi connectivity index (χ1) is 16.8. The van der Waals surface area contributed by atoms with Crippen LogP contribution >= 0.6 is 15.9 Å². The molecule has 0 heterocycles. The second-order valence-corrected chi connectivity index (χ2v) is 9.37. The predicted molar refractivity (Wildman–Crippen MR) is 139 cm³/mol. The maximum Gasteiger partial charge on any atom is 0.342 e. The molecular weight excluding hydrogens is 512 g/mol. The minimum Gasteiger partial charge on any atom is -0.507 e. The molecule has 0 saturated heterocycles. The number of aryl methyl sites for hydroxylation is 1. The average Bonchev–Trinajstić information content (AvgIpc) is 2.85. The summed E-state index contributed by atoms with van der Waals surface area (Å²) in [6.45, 7) is 3.87. The van der Waals surface area contributed by atoms with Crippen LogP contribution in [-0.2, 0) is 15.9 Å². The highest BCUT2D eigenvalue weighted by atomic mass is 79.9. The van der Waals surface area contributed by atoms with Gasteiger partial charge in [0.05, 0.1) is 19.3 Å². The van der Waals surface area contributed by atoms with E-state index in [1.54, 1.807) is 31.2 Å². The lowest BCUT2D eigenvalue weighted by atomic mass is 9.89. The Morgan fingerprint density at radius 2 is 1.46 bits per heavy atom. The number of phenols is 1. The van der Waals surface area contributed by atoms with Crippen molar-refractivity contribution >= 4 is 33.7 Å². The van der Waals surface area contributed by atoms with E-state index in [4.69, 9.17) is 9.47 Å². The summed E-state index contributed by atoms with van der Waals surface area (Å²) in [6, 6.07) is 8.22. The van der Waals surface area contributed by atoms with Crippen molar-refractivity contribution in [3.63, 3.8) is 0 Å². The molecule has 0 fully saturated rings. The summed E-state index contributed by atoms with van der Waals surface area (Å²) in [4.78, 5) is 39.0. The van der Waals surface area contributed by atoms with E-state index in [0.29, 0.717) is 17.5 Å². The number of aromatic hydroxyl groups is 1. The Morgan fingerprint density at radius 3 is 2.03 bits per heavy atom. The molecule has 0 saturated carbocycles. The van der Waals surface area contributed by atoms with Crippen molar-refractivity contribution in [2.24, 2.45) is 0 Å². The average molecular weight is 547 g/mol. The Balaban J connectivity index is 2.42. The number of hydrogen-bond acceptors (Lipinski definition) is 6. The van der Waals surface area contributed by atoms with Gasteiger partial charge in [-0.15, -0.1) is 0 Å². The molecule has 7 heteroatoms. The summed E-state index contributed by atoms with van der Waals surface area (Å²) in [5.74, 6) is -2.53. The van der Waals surface area contributed by atoms with Gasteiger partial charge in [0, 0.05) is 15.6 Å². The second kappa shape index (κ2) is 14.7. The molecule has 190 valence electrons. The highest BCUT2D eigenvalue weighted by Crippen LogP contribution is 2.33. The zero-order valence-corrected chi connectivity index (χ0v) is 22.4. The zero-order valence-electron chi connectivity index (χ0n) is 20.8. The smallest absolute Gasteiger partial charge is 0.342 e. The summed E-state index contributed by atoms with van der Waals surface area (Å²) in [5.41, 5.74) is 0.189. The molecule has 0 aliphatic carbocycles. The van der Waals surface area contributed by atoms with Gasteiger partial charge in [-0.05, 0) is 55.7 Å². The van der Waals surface area contributed by atoms with Crippen LogP contribution in [0.1, 0.15) is 107 Å². The number of carbonyl (C=O) groups excluding carboxylic acids is 3. The highest BCUT2D eigenvalue weighted by Gasteiger charge is 2.31. The molecule has 0 spiro atoms. The number of phenolic OH excluding ortho intramolecular Hbond substituents is 1. The molecule has 1 N–H and O–H groups in total. The van der Waals surface area contributed by atoms with Gasteiger partial charge < -0.3 is 14.6 Å². The Bertz CT molecular complexity index is 1010. The van der Waals surface area contributed by atoms with Gasteiger partial charge >= 0.3 is 11.9 Å². The fourth-order valence-electron chi connectivity index (χ4n) is 4.02. The number of rotatable bonds is 14.